The summed E-state index contributed by atoms with van der Waals surface area (Å²) in [6, 6.07) is 1.87. The zero-order valence-corrected chi connectivity index (χ0v) is 20.7. The van der Waals surface area contributed by atoms with Crippen LogP contribution < -0.4 is 4.90 Å². The van der Waals surface area contributed by atoms with E-state index in [1.165, 1.54) is 0 Å². The minimum Gasteiger partial charge on any atom is -0.444 e. The van der Waals surface area contributed by atoms with Crippen molar-refractivity contribution in [2.24, 2.45) is 5.41 Å². The van der Waals surface area contributed by atoms with Crippen molar-refractivity contribution in [1.29, 1.82) is 0 Å². The van der Waals surface area contributed by atoms with Gasteiger partial charge < -0.3 is 14.5 Å². The summed E-state index contributed by atoms with van der Waals surface area (Å²) in [5, 5.41) is 0.657. The lowest BCUT2D eigenvalue weighted by Gasteiger charge is -2.47. The normalized spacial score (nSPS) is 18.4. The number of hydrogen-bond donors (Lipinski definition) is 0. The van der Waals surface area contributed by atoms with Crippen molar-refractivity contribution in [3.05, 3.63) is 25.2 Å². The van der Waals surface area contributed by atoms with Gasteiger partial charge in [0.2, 0.25) is 5.28 Å². The van der Waals surface area contributed by atoms with Crippen molar-refractivity contribution in [1.82, 2.24) is 14.9 Å². The fourth-order valence-electron chi connectivity index (χ4n) is 3.96. The lowest BCUT2D eigenvalue weighted by molar-refractivity contribution is -0.0266. The van der Waals surface area contributed by atoms with Crippen LogP contribution in [-0.2, 0) is 4.74 Å². The number of hydrogen-bond acceptors (Lipinski definition) is 5. The predicted molar refractivity (Wildman–Crippen MR) is 122 cm³/mol. The maximum absolute atomic E-state index is 14.7. The van der Waals surface area contributed by atoms with Gasteiger partial charge in [0.05, 0.1) is 4.47 Å². The summed E-state index contributed by atoms with van der Waals surface area (Å²) >= 11 is 11.5. The Labute approximate surface area is 195 Å². The van der Waals surface area contributed by atoms with E-state index >= 15 is 0 Å². The summed E-state index contributed by atoms with van der Waals surface area (Å²) in [6.45, 7) is 8.36. The number of ether oxygens (including phenoxy) is 1. The van der Waals surface area contributed by atoms with Gasteiger partial charge in [-0.05, 0) is 83.4 Å². The maximum atomic E-state index is 14.7. The Hall–Kier alpha value is -0.940. The molecule has 0 aliphatic carbocycles. The molecule has 0 N–H and O–H groups in total. The second kappa shape index (κ2) is 7.33. The molecule has 2 saturated heterocycles. The number of anilines is 1. The van der Waals surface area contributed by atoms with Gasteiger partial charge in [-0.3, -0.25) is 0 Å². The maximum Gasteiger partial charge on any atom is 0.410 e. The zero-order valence-electron chi connectivity index (χ0n) is 16.2. The Morgan fingerprint density at radius 2 is 2.03 bits per heavy atom. The number of carbonyl (C=O) groups excluding carboxylic acids is 1. The Balaban J connectivity index is 1.56. The van der Waals surface area contributed by atoms with Gasteiger partial charge in [-0.25, -0.2) is 14.2 Å². The molecule has 2 aliphatic rings. The van der Waals surface area contributed by atoms with E-state index in [4.69, 9.17) is 16.3 Å². The molecule has 1 aromatic heterocycles. The monoisotopic (exact) mass is 596 g/mol. The van der Waals surface area contributed by atoms with E-state index < -0.39 is 11.4 Å². The SMILES string of the molecule is CC(C)(C)OC(=O)N1CC2(CCN(c3nc(Cl)nc4c(F)c(Br)c(I)cc34)C2)C1. The molecule has 2 fully saturated rings. The van der Waals surface area contributed by atoms with Gasteiger partial charge in [0.25, 0.3) is 0 Å². The zero-order chi connectivity index (χ0) is 21.1. The Kier molecular flexibility index (Phi) is 5.39. The van der Waals surface area contributed by atoms with Gasteiger partial charge in [0, 0.05) is 40.6 Å². The average molecular weight is 598 g/mol. The molecule has 6 nitrogen and oxygen atoms in total. The number of nitrogens with zero attached hydrogens (tertiary/aromatic N) is 4. The highest BCUT2D eigenvalue weighted by Crippen LogP contribution is 2.43. The molecule has 10 heteroatoms. The number of amides is 1. The van der Waals surface area contributed by atoms with Crippen LogP contribution in [0.2, 0.25) is 5.28 Å². The molecule has 1 aromatic carbocycles. The first-order valence-electron chi connectivity index (χ1n) is 9.22. The van der Waals surface area contributed by atoms with Crippen molar-refractivity contribution >= 4 is 72.9 Å². The third-order valence-electron chi connectivity index (χ3n) is 5.22. The third-order valence-corrected chi connectivity index (χ3v) is 7.76. The van der Waals surface area contributed by atoms with Crippen molar-refractivity contribution in [2.75, 3.05) is 31.1 Å². The summed E-state index contributed by atoms with van der Waals surface area (Å²) in [4.78, 5) is 24.6. The standard InChI is InChI=1S/C19H20BrClFIN4O2/c1-18(2,3)29-17(28)27-8-19(9-27)4-5-26(7-19)15-10-6-11(23)12(20)13(22)14(10)24-16(21)25-15/h6H,4-5,7-9H2,1-3H3. The lowest BCUT2D eigenvalue weighted by Crippen LogP contribution is -2.60. The molecule has 3 heterocycles. The minimum absolute atomic E-state index is 0.00170. The van der Waals surface area contributed by atoms with E-state index in [-0.39, 0.29) is 22.3 Å². The number of fused-ring (bicyclic) bond motifs is 1. The summed E-state index contributed by atoms with van der Waals surface area (Å²) in [7, 11) is 0. The molecule has 1 spiro atoms. The van der Waals surface area contributed by atoms with Crippen LogP contribution in [0.4, 0.5) is 15.0 Å². The highest BCUT2D eigenvalue weighted by atomic mass is 127. The van der Waals surface area contributed by atoms with E-state index in [0.29, 0.717) is 28.8 Å². The molecule has 0 bridgehead atoms. The largest absolute Gasteiger partial charge is 0.444 e. The summed E-state index contributed by atoms with van der Waals surface area (Å²) < 4.78 is 21.3. The van der Waals surface area contributed by atoms with Gasteiger partial charge in [-0.15, -0.1) is 0 Å². The molecule has 156 valence electrons. The van der Waals surface area contributed by atoms with Crippen LogP contribution in [0.25, 0.3) is 10.9 Å². The molecule has 2 aromatic rings. The number of carbonyl (C=O) groups is 1. The van der Waals surface area contributed by atoms with E-state index in [0.717, 1.165) is 23.1 Å². The van der Waals surface area contributed by atoms with Crippen molar-refractivity contribution in [3.8, 4) is 0 Å². The van der Waals surface area contributed by atoms with Crippen molar-refractivity contribution in [3.63, 3.8) is 0 Å². The molecule has 0 radical (unpaired) electrons. The first-order chi connectivity index (χ1) is 13.5. The second-order valence-electron chi connectivity index (χ2n) is 8.71. The fraction of sp³-hybridized carbons (Fsp3) is 0.526. The second-order valence-corrected chi connectivity index (χ2v) is 11.0. The Morgan fingerprint density at radius 1 is 1.34 bits per heavy atom. The predicted octanol–water partition coefficient (Wildman–Crippen LogP) is 5.24. The number of halogens is 4. The molecule has 0 atom stereocenters. The quantitative estimate of drug-likeness (QED) is 0.256. The Morgan fingerprint density at radius 3 is 2.69 bits per heavy atom. The van der Waals surface area contributed by atoms with E-state index in [2.05, 4.69) is 53.4 Å². The Bertz CT molecular complexity index is 1010. The van der Waals surface area contributed by atoms with Crippen LogP contribution >= 0.6 is 50.1 Å². The van der Waals surface area contributed by atoms with Gasteiger partial charge in [0.15, 0.2) is 5.82 Å². The first kappa shape index (κ1) is 21.3. The van der Waals surface area contributed by atoms with Crippen molar-refractivity contribution < 1.29 is 13.9 Å². The summed E-state index contributed by atoms with van der Waals surface area (Å²) in [6.07, 6.45) is 0.643. The number of rotatable bonds is 1. The smallest absolute Gasteiger partial charge is 0.410 e. The fourth-order valence-corrected chi connectivity index (χ4v) is 4.98. The van der Waals surface area contributed by atoms with E-state index in [1.807, 2.05) is 26.8 Å². The first-order valence-corrected chi connectivity index (χ1v) is 11.5. The van der Waals surface area contributed by atoms with E-state index in [9.17, 15) is 9.18 Å². The summed E-state index contributed by atoms with van der Waals surface area (Å²) in [5.74, 6) is 0.197. The van der Waals surface area contributed by atoms with Gasteiger partial charge in [-0.1, -0.05) is 0 Å². The molecular weight excluding hydrogens is 577 g/mol. The highest BCUT2D eigenvalue weighted by Gasteiger charge is 2.50. The topological polar surface area (TPSA) is 58.6 Å². The van der Waals surface area contributed by atoms with Crippen LogP contribution in [0.15, 0.2) is 10.5 Å². The molecule has 29 heavy (non-hydrogen) atoms. The van der Waals surface area contributed by atoms with Gasteiger partial charge in [0.1, 0.15) is 16.9 Å². The number of aromatic nitrogens is 2. The van der Waals surface area contributed by atoms with E-state index in [1.54, 1.807) is 4.90 Å². The minimum atomic E-state index is -0.506. The van der Waals surface area contributed by atoms with Gasteiger partial charge in [-0.2, -0.15) is 4.98 Å². The summed E-state index contributed by atoms with van der Waals surface area (Å²) in [5.41, 5.74) is -0.299. The molecule has 1 amide bonds. The average Bonchev–Trinajstić information content (AvgIpc) is 3.03. The number of benzene rings is 1. The molecule has 0 saturated carbocycles. The van der Waals surface area contributed by atoms with Crippen LogP contribution in [0.1, 0.15) is 27.2 Å². The highest BCUT2D eigenvalue weighted by molar-refractivity contribution is 14.1. The third kappa shape index (κ3) is 4.01. The van der Waals surface area contributed by atoms with Crippen LogP contribution in [0.3, 0.4) is 0 Å². The van der Waals surface area contributed by atoms with Crippen LogP contribution in [0, 0.1) is 14.8 Å². The van der Waals surface area contributed by atoms with Crippen LogP contribution in [-0.4, -0.2) is 52.7 Å². The van der Waals surface area contributed by atoms with Crippen LogP contribution in [0.5, 0.6) is 0 Å². The molecule has 0 unspecified atom stereocenters. The molecular formula is C19H20BrClFIN4O2. The number of likely N-dealkylation sites (tertiary alicyclic amines) is 1. The lowest BCUT2D eigenvalue weighted by atomic mass is 9.79. The molecule has 4 rings (SSSR count). The molecule has 2 aliphatic heterocycles. The van der Waals surface area contributed by atoms with Gasteiger partial charge >= 0.3 is 6.09 Å². The van der Waals surface area contributed by atoms with Crippen molar-refractivity contribution in [2.45, 2.75) is 32.8 Å².